The molecule has 0 radical (unpaired) electrons. The van der Waals surface area contributed by atoms with Crippen LogP contribution < -0.4 is 31.4 Å². The van der Waals surface area contributed by atoms with Crippen molar-refractivity contribution in [3.63, 3.8) is 0 Å². The molecule has 0 saturated carbocycles. The molecule has 41 heavy (non-hydrogen) atoms. The number of fused-ring (bicyclic) bond motifs is 1. The number of methoxy groups -OCH3 is 2. The molecule has 4 aromatic rings. The molecule has 1 aliphatic heterocycles. The Kier molecular flexibility index (Phi) is 8.19. The summed E-state index contributed by atoms with van der Waals surface area (Å²) < 4.78 is 12.2. The number of aryl methyl sites for hydroxylation is 2. The molecule has 0 unspecified atom stereocenters. The summed E-state index contributed by atoms with van der Waals surface area (Å²) >= 11 is 0. The van der Waals surface area contributed by atoms with Crippen LogP contribution in [0.4, 0.5) is 11.6 Å². The predicted molar refractivity (Wildman–Crippen MR) is 157 cm³/mol. The molecule has 10 heteroatoms. The van der Waals surface area contributed by atoms with E-state index in [0.29, 0.717) is 31.7 Å². The van der Waals surface area contributed by atoms with Crippen molar-refractivity contribution in [2.24, 2.45) is 0 Å². The highest BCUT2D eigenvalue weighted by molar-refractivity contribution is 5.81. The highest BCUT2D eigenvalue weighted by Gasteiger charge is 2.31. The Bertz CT molecular complexity index is 1540. The second-order valence-corrected chi connectivity index (χ2v) is 10.0. The van der Waals surface area contributed by atoms with Crippen LogP contribution in [0.1, 0.15) is 46.5 Å². The maximum Gasteiger partial charge on any atom is 0.294 e. The van der Waals surface area contributed by atoms with Crippen LogP contribution in [0.25, 0.3) is 0 Å². The van der Waals surface area contributed by atoms with Crippen molar-refractivity contribution in [3.05, 3.63) is 105 Å². The fraction of sp³-hybridized carbons (Fsp3) is 0.290. The van der Waals surface area contributed by atoms with Crippen LogP contribution in [0.15, 0.2) is 71.7 Å². The number of ether oxygens (including phenoxy) is 2. The van der Waals surface area contributed by atoms with Crippen LogP contribution in [0.3, 0.4) is 0 Å². The maximum atomic E-state index is 13.6. The molecule has 0 bridgehead atoms. The van der Waals surface area contributed by atoms with Crippen LogP contribution in [-0.2, 0) is 17.8 Å². The van der Waals surface area contributed by atoms with Gasteiger partial charge in [0.25, 0.3) is 5.56 Å². The molecule has 5 rings (SSSR count). The number of pyridine rings is 1. The summed E-state index contributed by atoms with van der Waals surface area (Å²) in [6.07, 6.45) is 2.82. The summed E-state index contributed by atoms with van der Waals surface area (Å²) in [5.74, 6) is 1.87. The van der Waals surface area contributed by atoms with Crippen LogP contribution >= 0.6 is 0 Å². The summed E-state index contributed by atoms with van der Waals surface area (Å²) in [6, 6.07) is 18.7. The molecule has 212 valence electrons. The van der Waals surface area contributed by atoms with E-state index in [2.05, 4.69) is 20.6 Å². The van der Waals surface area contributed by atoms with E-state index in [9.17, 15) is 9.59 Å². The van der Waals surface area contributed by atoms with Crippen LogP contribution in [0, 0.1) is 6.92 Å². The van der Waals surface area contributed by atoms with Crippen LogP contribution in [-0.4, -0.2) is 41.2 Å². The van der Waals surface area contributed by atoms with E-state index in [0.717, 1.165) is 39.6 Å². The van der Waals surface area contributed by atoms with E-state index in [1.807, 2.05) is 61.5 Å². The van der Waals surface area contributed by atoms with Crippen molar-refractivity contribution < 1.29 is 14.3 Å². The number of amides is 1. The van der Waals surface area contributed by atoms with Gasteiger partial charge in [0.2, 0.25) is 5.91 Å². The molecule has 0 aliphatic carbocycles. The van der Waals surface area contributed by atoms with Gasteiger partial charge in [-0.2, -0.15) is 0 Å². The molecule has 0 saturated heterocycles. The monoisotopic (exact) mass is 554 g/mol. The minimum atomic E-state index is -0.609. The number of hydrogen-bond acceptors (Lipinski definition) is 8. The number of nitrogens with zero attached hydrogens (tertiary/aromatic N) is 3. The van der Waals surface area contributed by atoms with Crippen molar-refractivity contribution in [1.29, 1.82) is 0 Å². The second kappa shape index (κ2) is 12.1. The largest absolute Gasteiger partial charge is 0.497 e. The van der Waals surface area contributed by atoms with E-state index < -0.39 is 6.04 Å². The van der Waals surface area contributed by atoms with E-state index in [1.54, 1.807) is 31.0 Å². The van der Waals surface area contributed by atoms with Crippen molar-refractivity contribution in [2.45, 2.75) is 38.3 Å². The summed E-state index contributed by atoms with van der Waals surface area (Å²) in [5, 5.41) is 6.23. The average Bonchev–Trinajstić information content (AvgIpc) is 3.43. The topological polar surface area (TPSA) is 133 Å². The van der Waals surface area contributed by atoms with E-state index in [1.165, 1.54) is 0 Å². The van der Waals surface area contributed by atoms with Crippen LogP contribution in [0.2, 0.25) is 0 Å². The number of carbonyl (C=O) groups excluding carboxylic acids is 1. The first kappa shape index (κ1) is 27.7. The number of nitrogen functional groups attached to an aromatic ring is 1. The zero-order valence-electron chi connectivity index (χ0n) is 23.4. The maximum absolute atomic E-state index is 13.6. The number of benzene rings is 2. The number of nitrogens with two attached hydrogens (primary N) is 1. The number of hydrogen-bond donors (Lipinski definition) is 3. The van der Waals surface area contributed by atoms with Gasteiger partial charge in [-0.05, 0) is 66.8 Å². The van der Waals surface area contributed by atoms with Crippen molar-refractivity contribution >= 4 is 17.5 Å². The molecular formula is C31H34N6O4. The van der Waals surface area contributed by atoms with Gasteiger partial charge in [-0.1, -0.05) is 30.3 Å². The molecule has 0 spiro atoms. The average molecular weight is 555 g/mol. The first-order valence-electron chi connectivity index (χ1n) is 13.5. The zero-order chi connectivity index (χ0) is 28.9. The highest BCUT2D eigenvalue weighted by Crippen LogP contribution is 2.29. The fourth-order valence-corrected chi connectivity index (χ4v) is 5.21. The van der Waals surface area contributed by atoms with Crippen molar-refractivity contribution in [2.75, 3.05) is 31.8 Å². The molecule has 1 aliphatic rings. The van der Waals surface area contributed by atoms with E-state index in [-0.39, 0.29) is 23.2 Å². The van der Waals surface area contributed by atoms with Gasteiger partial charge in [0.05, 0.1) is 14.2 Å². The van der Waals surface area contributed by atoms with E-state index >= 15 is 0 Å². The lowest BCUT2D eigenvalue weighted by Gasteiger charge is -2.20. The van der Waals surface area contributed by atoms with Gasteiger partial charge in [-0.15, -0.1) is 0 Å². The van der Waals surface area contributed by atoms with Gasteiger partial charge in [0, 0.05) is 36.6 Å². The molecule has 0 fully saturated rings. The summed E-state index contributed by atoms with van der Waals surface area (Å²) in [5.41, 5.74) is 9.91. The minimum Gasteiger partial charge on any atom is -0.497 e. The van der Waals surface area contributed by atoms with Gasteiger partial charge in [0.15, 0.2) is 5.82 Å². The predicted octanol–water partition coefficient (Wildman–Crippen LogP) is 3.59. The number of nitrogens with one attached hydrogen (secondary N) is 2. The molecule has 1 atom stereocenters. The molecule has 10 nitrogen and oxygen atoms in total. The third kappa shape index (κ3) is 6.01. The normalized spacial score (nSPS) is 14.0. The Morgan fingerprint density at radius 3 is 2.24 bits per heavy atom. The summed E-state index contributed by atoms with van der Waals surface area (Å²) in [6.45, 7) is 2.57. The fourth-order valence-electron chi connectivity index (χ4n) is 5.21. The smallest absolute Gasteiger partial charge is 0.294 e. The minimum absolute atomic E-state index is 0.0814. The first-order chi connectivity index (χ1) is 19.9. The molecule has 1 amide bonds. The lowest BCUT2D eigenvalue weighted by atomic mass is 9.91. The number of aromatic nitrogens is 3. The number of anilines is 2. The number of rotatable bonds is 10. The van der Waals surface area contributed by atoms with Gasteiger partial charge >= 0.3 is 0 Å². The van der Waals surface area contributed by atoms with Gasteiger partial charge < -0.3 is 25.8 Å². The van der Waals surface area contributed by atoms with Gasteiger partial charge in [-0.25, -0.2) is 9.97 Å². The molecule has 3 heterocycles. The molecule has 2 aromatic heterocycles. The SMILES string of the molecule is COc1ccc(C(CNc2ncc3n(c2=O)[C@H](C(=O)NCc2ccc(N)nc2C)CC3)c2ccc(OC)cc2)cc1. The van der Waals surface area contributed by atoms with Gasteiger partial charge in [-0.3, -0.25) is 14.2 Å². The quantitative estimate of drug-likeness (QED) is 0.271. The van der Waals surface area contributed by atoms with Crippen LogP contribution in [0.5, 0.6) is 11.5 Å². The Morgan fingerprint density at radius 2 is 1.66 bits per heavy atom. The first-order valence-corrected chi connectivity index (χ1v) is 13.5. The second-order valence-electron chi connectivity index (χ2n) is 10.0. The third-order valence-corrected chi connectivity index (χ3v) is 7.54. The van der Waals surface area contributed by atoms with Crippen molar-refractivity contribution in [1.82, 2.24) is 19.9 Å². The summed E-state index contributed by atoms with van der Waals surface area (Å²) in [7, 11) is 3.27. The Balaban J connectivity index is 1.35. The standard InChI is InChI=1S/C31H34N6O4/c1-19-22(8-15-28(32)36-19)16-35-30(38)27-14-9-23-17-33-29(31(39)37(23)27)34-18-26(20-4-10-24(40-2)11-5-20)21-6-12-25(41-3)13-7-21/h4-8,10-13,15,17,26-27H,9,14,16,18H2,1-3H3,(H2,32,36)(H,33,34)(H,35,38)/t27-/m0/s1. The lowest BCUT2D eigenvalue weighted by molar-refractivity contribution is -0.124. The Morgan fingerprint density at radius 1 is 1.02 bits per heavy atom. The molecular weight excluding hydrogens is 520 g/mol. The summed E-state index contributed by atoms with van der Waals surface area (Å²) in [4.78, 5) is 35.5. The van der Waals surface area contributed by atoms with Gasteiger partial charge in [0.1, 0.15) is 23.4 Å². The lowest BCUT2D eigenvalue weighted by Crippen LogP contribution is -2.36. The highest BCUT2D eigenvalue weighted by atomic mass is 16.5. The molecule has 4 N–H and O–H groups in total. The molecule has 2 aromatic carbocycles. The van der Waals surface area contributed by atoms with E-state index in [4.69, 9.17) is 15.2 Å². The van der Waals surface area contributed by atoms with Crippen molar-refractivity contribution in [3.8, 4) is 11.5 Å². The Hall–Kier alpha value is -4.86. The zero-order valence-corrected chi connectivity index (χ0v) is 23.4. The Labute approximate surface area is 238 Å². The number of carbonyl (C=O) groups is 1. The third-order valence-electron chi connectivity index (χ3n) is 7.54.